The number of ether oxygens (including phenoxy) is 6. The Labute approximate surface area is 475 Å². The van der Waals surface area contributed by atoms with Gasteiger partial charge in [0.25, 0.3) is 0 Å². The van der Waals surface area contributed by atoms with E-state index in [2.05, 4.69) is 166 Å². The largest absolute Gasteiger partial charge is 0.494 e. The Morgan fingerprint density at radius 1 is 0.247 bits per heavy atom. The molecule has 9 heteroatoms. The second kappa shape index (κ2) is 25.8. The molecule has 0 aliphatic carbocycles. The fourth-order valence-corrected chi connectivity index (χ4v) is 9.77. The quantitative estimate of drug-likeness (QED) is 0.0618. The average Bonchev–Trinajstić information content (AvgIpc) is 3.53. The monoisotopic (exact) mass is 1060 g/mol. The molecule has 0 radical (unpaired) electrons. The molecule has 0 saturated carbocycles. The van der Waals surface area contributed by atoms with E-state index in [4.69, 9.17) is 41.3 Å². The van der Waals surface area contributed by atoms with Gasteiger partial charge >= 0.3 is 0 Å². The van der Waals surface area contributed by atoms with Crippen molar-refractivity contribution in [2.75, 3.05) is 41.1 Å². The zero-order valence-electron chi connectivity index (χ0n) is 45.8. The molecule has 0 bridgehead atoms. The zero-order chi connectivity index (χ0) is 55.9. The van der Waals surface area contributed by atoms with Gasteiger partial charge in [-0.1, -0.05) is 49.2 Å². The number of terminal acetylenes is 2. The fourth-order valence-electron chi connectivity index (χ4n) is 9.77. The van der Waals surface area contributed by atoms with Crippen LogP contribution in [0, 0.1) is 25.1 Å². The van der Waals surface area contributed by atoms with Crippen molar-refractivity contribution in [2.45, 2.75) is 27.7 Å². The van der Waals surface area contributed by atoms with Gasteiger partial charge in [0.15, 0.2) is 0 Å². The standard InChI is InChI=1S/C72H61N3O6/c1-7-76-67-37-25-61(26-38-67)73(62-27-39-68(40-28-62)77-8-2)58-19-13-52(14-20-58)55-49-56(53-15-21-59(22-16-53)74(63-29-41-69(42-30-63)78-9-3)64-31-43-70(44-32-64)79-10-4)51-57(50-55)54-17-23-60(24-18-54)75(65-33-45-71(46-34-65)80-11-5)66-35-47-72(48-36-66)81-12-6/h1,3,13-51H,8,10-12H2,2,4-6H3. The van der Waals surface area contributed by atoms with Crippen LogP contribution in [-0.4, -0.2) is 26.4 Å². The van der Waals surface area contributed by atoms with Gasteiger partial charge in [-0.2, -0.15) is 0 Å². The SMILES string of the molecule is C#COc1ccc(N(c2ccc(OCC)cc2)c2ccc(-c3cc(-c4ccc(N(c5ccc(OC#C)cc5)c5ccc(OCC)cc5)cc4)cc(-c4ccc(N(c5ccc(OCC)cc5)c5ccc(OCC)cc5)cc4)c3)cc2)cc1. The highest BCUT2D eigenvalue weighted by Crippen LogP contribution is 2.43. The van der Waals surface area contributed by atoms with E-state index in [0.717, 1.165) is 108 Å². The molecule has 10 aromatic carbocycles. The molecule has 0 atom stereocenters. The van der Waals surface area contributed by atoms with E-state index in [1.165, 1.54) is 0 Å². The summed E-state index contributed by atoms with van der Waals surface area (Å²) in [5.74, 6) is 4.43. The Morgan fingerprint density at radius 3 is 0.593 bits per heavy atom. The molecule has 10 aromatic rings. The summed E-state index contributed by atoms with van der Waals surface area (Å²) in [6, 6.07) is 81.1. The summed E-state index contributed by atoms with van der Waals surface area (Å²) in [4.78, 5) is 6.64. The Balaban J connectivity index is 1.05. The van der Waals surface area contributed by atoms with E-state index in [1.807, 2.05) is 125 Å². The second-order valence-corrected chi connectivity index (χ2v) is 18.6. The summed E-state index contributed by atoms with van der Waals surface area (Å²) < 4.78 is 34.0. The first kappa shape index (κ1) is 53.9. The van der Waals surface area contributed by atoms with Gasteiger partial charge in [0.05, 0.1) is 26.4 Å². The van der Waals surface area contributed by atoms with Gasteiger partial charge in [0.2, 0.25) is 0 Å². The van der Waals surface area contributed by atoms with Crippen LogP contribution in [0.1, 0.15) is 27.7 Å². The molecule has 0 aliphatic rings. The van der Waals surface area contributed by atoms with Crippen molar-refractivity contribution in [1.82, 2.24) is 0 Å². The first-order valence-corrected chi connectivity index (χ1v) is 27.1. The number of hydrogen-bond donors (Lipinski definition) is 0. The van der Waals surface area contributed by atoms with Crippen molar-refractivity contribution in [1.29, 1.82) is 0 Å². The Kier molecular flexibility index (Phi) is 17.2. The van der Waals surface area contributed by atoms with Crippen LogP contribution in [0.25, 0.3) is 33.4 Å². The second-order valence-electron chi connectivity index (χ2n) is 18.6. The Hall–Kier alpha value is -10.5. The number of rotatable bonds is 22. The summed E-state index contributed by atoms with van der Waals surface area (Å²) in [6.45, 7) is 10.3. The third kappa shape index (κ3) is 12.8. The van der Waals surface area contributed by atoms with Crippen molar-refractivity contribution in [3.05, 3.63) is 237 Å². The zero-order valence-corrected chi connectivity index (χ0v) is 45.8. The van der Waals surface area contributed by atoms with Crippen molar-refractivity contribution in [3.63, 3.8) is 0 Å². The third-order valence-electron chi connectivity index (χ3n) is 13.5. The maximum absolute atomic E-state index is 5.83. The van der Waals surface area contributed by atoms with Crippen LogP contribution >= 0.6 is 0 Å². The minimum absolute atomic E-state index is 0.581. The van der Waals surface area contributed by atoms with Crippen molar-refractivity contribution in [2.24, 2.45) is 0 Å². The van der Waals surface area contributed by atoms with Crippen molar-refractivity contribution in [3.8, 4) is 92.9 Å². The summed E-state index contributed by atoms with van der Waals surface area (Å²) in [5.41, 5.74) is 15.1. The highest BCUT2D eigenvalue weighted by atomic mass is 16.5. The van der Waals surface area contributed by atoms with Gasteiger partial charge in [0, 0.05) is 51.2 Å². The molecule has 0 aliphatic heterocycles. The van der Waals surface area contributed by atoms with Crippen LogP contribution < -0.4 is 43.1 Å². The highest BCUT2D eigenvalue weighted by Gasteiger charge is 2.19. The maximum atomic E-state index is 5.83. The van der Waals surface area contributed by atoms with E-state index >= 15 is 0 Å². The summed E-state index contributed by atoms with van der Waals surface area (Å²) >= 11 is 0. The smallest absolute Gasteiger partial charge is 0.140 e. The molecule has 0 spiro atoms. The van der Waals surface area contributed by atoms with Gasteiger partial charge in [-0.15, -0.1) is 0 Å². The fraction of sp³-hybridized carbons (Fsp3) is 0.111. The molecule has 0 N–H and O–H groups in total. The minimum Gasteiger partial charge on any atom is -0.494 e. The first-order chi connectivity index (χ1) is 39.8. The van der Waals surface area contributed by atoms with E-state index in [1.54, 1.807) is 0 Å². The molecule has 0 unspecified atom stereocenters. The van der Waals surface area contributed by atoms with E-state index in [-0.39, 0.29) is 0 Å². The average molecular weight is 1060 g/mol. The van der Waals surface area contributed by atoms with Gasteiger partial charge in [-0.05, 0) is 261 Å². The van der Waals surface area contributed by atoms with Crippen molar-refractivity contribution < 1.29 is 28.4 Å². The summed E-state index contributed by atoms with van der Waals surface area (Å²) in [5, 5.41) is 0. The molecule has 400 valence electrons. The van der Waals surface area contributed by atoms with Crippen LogP contribution in [0.5, 0.6) is 34.5 Å². The van der Waals surface area contributed by atoms with Gasteiger partial charge in [-0.3, -0.25) is 0 Å². The van der Waals surface area contributed by atoms with E-state index in [9.17, 15) is 0 Å². The first-order valence-electron chi connectivity index (χ1n) is 27.1. The van der Waals surface area contributed by atoms with Crippen LogP contribution in [0.3, 0.4) is 0 Å². The Bertz CT molecular complexity index is 3500. The number of anilines is 9. The lowest BCUT2D eigenvalue weighted by Gasteiger charge is -2.26. The molecule has 0 aromatic heterocycles. The van der Waals surface area contributed by atoms with Crippen LogP contribution in [0.4, 0.5) is 51.2 Å². The Morgan fingerprint density at radius 2 is 0.420 bits per heavy atom. The molecular formula is C72H61N3O6. The van der Waals surface area contributed by atoms with Gasteiger partial charge in [0.1, 0.15) is 46.7 Å². The van der Waals surface area contributed by atoms with Crippen LogP contribution in [-0.2, 0) is 0 Å². The predicted molar refractivity (Wildman–Crippen MR) is 330 cm³/mol. The molecule has 81 heavy (non-hydrogen) atoms. The molecule has 0 heterocycles. The van der Waals surface area contributed by atoms with Gasteiger partial charge in [-0.25, -0.2) is 0 Å². The highest BCUT2D eigenvalue weighted by molar-refractivity contribution is 5.86. The lowest BCUT2D eigenvalue weighted by Crippen LogP contribution is -2.10. The molecule has 9 nitrogen and oxygen atoms in total. The maximum Gasteiger partial charge on any atom is 0.140 e. The normalized spacial score (nSPS) is 10.6. The number of hydrogen-bond acceptors (Lipinski definition) is 9. The topological polar surface area (TPSA) is 65.1 Å². The van der Waals surface area contributed by atoms with Crippen LogP contribution in [0.2, 0.25) is 0 Å². The van der Waals surface area contributed by atoms with E-state index in [0.29, 0.717) is 37.9 Å². The summed E-state index contributed by atoms with van der Waals surface area (Å²) in [6.07, 6.45) is 15.5. The molecule has 0 fully saturated rings. The van der Waals surface area contributed by atoms with Gasteiger partial charge < -0.3 is 43.1 Å². The van der Waals surface area contributed by atoms with Crippen LogP contribution in [0.15, 0.2) is 237 Å². The minimum atomic E-state index is 0.581. The lowest BCUT2D eigenvalue weighted by atomic mass is 9.93. The third-order valence-corrected chi connectivity index (χ3v) is 13.5. The molecule has 0 saturated heterocycles. The molecule has 0 amide bonds. The lowest BCUT2D eigenvalue weighted by molar-refractivity contribution is 0.340. The summed E-state index contributed by atoms with van der Waals surface area (Å²) in [7, 11) is 0. The number of nitrogens with zero attached hydrogens (tertiary/aromatic N) is 3. The molecular weight excluding hydrogens is 1000 g/mol. The van der Waals surface area contributed by atoms with Crippen molar-refractivity contribution >= 4 is 51.2 Å². The van der Waals surface area contributed by atoms with E-state index < -0.39 is 0 Å². The number of benzene rings is 10. The predicted octanol–water partition coefficient (Wildman–Crippen LogP) is 18.6. The molecule has 10 rings (SSSR count).